The summed E-state index contributed by atoms with van der Waals surface area (Å²) in [6.45, 7) is 6.26. The van der Waals surface area contributed by atoms with Gasteiger partial charge in [0.2, 0.25) is 0 Å². The van der Waals surface area contributed by atoms with Crippen molar-refractivity contribution in [1.29, 1.82) is 5.26 Å². The van der Waals surface area contributed by atoms with E-state index in [1.54, 1.807) is 17.6 Å². The minimum absolute atomic E-state index is 0.00851. The maximum Gasteiger partial charge on any atom is 0.305 e. The number of ether oxygens (including phenoxy) is 1. The van der Waals surface area contributed by atoms with E-state index in [1.165, 1.54) is 4.90 Å². The predicted molar refractivity (Wildman–Crippen MR) is 126 cm³/mol. The number of aliphatic carboxylic acids is 1. The topological polar surface area (TPSA) is 116 Å². The van der Waals surface area contributed by atoms with Crippen molar-refractivity contribution >= 4 is 52.1 Å². The van der Waals surface area contributed by atoms with Crippen molar-refractivity contribution in [2.45, 2.75) is 33.2 Å². The van der Waals surface area contributed by atoms with E-state index in [9.17, 15) is 19.6 Å². The molecule has 11 heteroatoms. The zero-order chi connectivity index (χ0) is 23.4. The fourth-order valence-electron chi connectivity index (χ4n) is 3.72. The van der Waals surface area contributed by atoms with Gasteiger partial charge in [0.25, 0.3) is 11.5 Å². The number of pyridine rings is 1. The van der Waals surface area contributed by atoms with Gasteiger partial charge in [-0.25, -0.2) is 0 Å². The van der Waals surface area contributed by atoms with E-state index in [-0.39, 0.29) is 34.3 Å². The molecule has 3 heterocycles. The molecule has 2 fully saturated rings. The number of carboxylic acid groups (broad SMARTS) is 1. The minimum atomic E-state index is -1.02. The number of rotatable bonds is 7. The van der Waals surface area contributed by atoms with Crippen LogP contribution in [0, 0.1) is 18.3 Å². The van der Waals surface area contributed by atoms with Gasteiger partial charge >= 0.3 is 5.97 Å². The fourth-order valence-corrected chi connectivity index (χ4v) is 5.01. The highest BCUT2D eigenvalue weighted by Crippen LogP contribution is 2.36. The average molecular weight is 477 g/mol. The average Bonchev–Trinajstić information content (AvgIpc) is 3.03. The van der Waals surface area contributed by atoms with Crippen molar-refractivity contribution in [3.63, 3.8) is 0 Å². The monoisotopic (exact) mass is 476 g/mol. The molecule has 32 heavy (non-hydrogen) atoms. The first-order valence-corrected chi connectivity index (χ1v) is 11.5. The molecule has 0 aromatic carbocycles. The van der Waals surface area contributed by atoms with Crippen molar-refractivity contribution in [3.8, 4) is 6.07 Å². The number of morpholine rings is 1. The lowest BCUT2D eigenvalue weighted by atomic mass is 10.0. The van der Waals surface area contributed by atoms with Gasteiger partial charge in [-0.05, 0) is 25.0 Å². The summed E-state index contributed by atoms with van der Waals surface area (Å²) >= 11 is 6.38. The van der Waals surface area contributed by atoms with Crippen molar-refractivity contribution in [3.05, 3.63) is 31.9 Å². The number of aromatic nitrogens is 1. The third-order valence-corrected chi connectivity index (χ3v) is 6.68. The van der Waals surface area contributed by atoms with Crippen LogP contribution in [-0.4, -0.2) is 63.6 Å². The number of anilines is 1. The van der Waals surface area contributed by atoms with Crippen LogP contribution < -0.4 is 10.5 Å². The van der Waals surface area contributed by atoms with E-state index in [0.717, 1.165) is 11.8 Å². The van der Waals surface area contributed by atoms with Gasteiger partial charge in [-0.15, -0.1) is 0 Å². The summed E-state index contributed by atoms with van der Waals surface area (Å²) in [5.41, 5.74) is 0.819. The first-order valence-electron chi connectivity index (χ1n) is 10.3. The summed E-state index contributed by atoms with van der Waals surface area (Å²) < 4.78 is 7.36. The number of carbonyl (C=O) groups is 2. The molecule has 2 aliphatic rings. The summed E-state index contributed by atoms with van der Waals surface area (Å²) in [4.78, 5) is 40.6. The van der Waals surface area contributed by atoms with E-state index >= 15 is 0 Å². The lowest BCUT2D eigenvalue weighted by Gasteiger charge is -2.33. The van der Waals surface area contributed by atoms with Gasteiger partial charge in [0.1, 0.15) is 21.8 Å². The standard InChI is InChI=1S/C21H24N4O5S2/c1-3-5-24-18(23-7-9-30-10-8-23)14(13(2)15(12-22)19(24)28)11-16-20(29)25(21(31)32-16)6-4-17(26)27/h11H,3-10H2,1-2H3,(H,26,27). The number of thiocarbonyl (C=S) groups is 1. The van der Waals surface area contributed by atoms with Crippen molar-refractivity contribution in [1.82, 2.24) is 9.47 Å². The van der Waals surface area contributed by atoms with Crippen LogP contribution in [0.1, 0.15) is 36.5 Å². The molecule has 1 aromatic heterocycles. The molecule has 0 atom stereocenters. The Morgan fingerprint density at radius 1 is 1.31 bits per heavy atom. The molecule has 9 nitrogen and oxygen atoms in total. The molecule has 2 saturated heterocycles. The number of hydrogen-bond donors (Lipinski definition) is 1. The van der Waals surface area contributed by atoms with Gasteiger partial charge in [-0.1, -0.05) is 30.9 Å². The van der Waals surface area contributed by atoms with Gasteiger partial charge in [0.05, 0.1) is 24.5 Å². The molecule has 2 aliphatic heterocycles. The zero-order valence-electron chi connectivity index (χ0n) is 17.9. The Labute approximate surface area is 195 Å². The second-order valence-corrected chi connectivity index (χ2v) is 9.06. The first kappa shape index (κ1) is 24.0. The number of carboxylic acids is 1. The summed E-state index contributed by atoms with van der Waals surface area (Å²) in [6.07, 6.45) is 2.16. The van der Waals surface area contributed by atoms with E-state index in [2.05, 4.69) is 0 Å². The largest absolute Gasteiger partial charge is 0.481 e. The first-order chi connectivity index (χ1) is 15.3. The predicted octanol–water partition coefficient (Wildman–Crippen LogP) is 1.95. The molecule has 1 N–H and O–H groups in total. The van der Waals surface area contributed by atoms with Crippen LogP contribution in [0.3, 0.4) is 0 Å². The van der Waals surface area contributed by atoms with Crippen LogP contribution in [0.4, 0.5) is 5.82 Å². The van der Waals surface area contributed by atoms with Crippen LogP contribution in [0.5, 0.6) is 0 Å². The number of carbonyl (C=O) groups excluding carboxylic acids is 1. The number of nitriles is 1. The maximum atomic E-state index is 13.1. The molecule has 0 saturated carbocycles. The third kappa shape index (κ3) is 4.72. The van der Waals surface area contributed by atoms with E-state index in [1.807, 2.05) is 17.9 Å². The minimum Gasteiger partial charge on any atom is -0.481 e. The summed E-state index contributed by atoms with van der Waals surface area (Å²) in [5, 5.41) is 18.6. The molecule has 0 unspecified atom stereocenters. The molecular formula is C21H24N4O5S2. The Morgan fingerprint density at radius 2 is 2.00 bits per heavy atom. The molecular weight excluding hydrogens is 452 g/mol. The van der Waals surface area contributed by atoms with Gasteiger partial charge in [-0.3, -0.25) is 23.9 Å². The van der Waals surface area contributed by atoms with Crippen molar-refractivity contribution in [2.24, 2.45) is 0 Å². The molecule has 1 aromatic rings. The smallest absolute Gasteiger partial charge is 0.305 e. The Morgan fingerprint density at radius 3 is 2.59 bits per heavy atom. The van der Waals surface area contributed by atoms with Crippen LogP contribution in [0.25, 0.3) is 6.08 Å². The van der Waals surface area contributed by atoms with E-state index in [4.69, 9.17) is 22.1 Å². The Hall–Kier alpha value is -2.68. The maximum absolute atomic E-state index is 13.1. The Bertz CT molecular complexity index is 1080. The highest BCUT2D eigenvalue weighted by molar-refractivity contribution is 8.26. The summed E-state index contributed by atoms with van der Waals surface area (Å²) in [5.74, 6) is -0.730. The number of amides is 1. The normalized spacial score (nSPS) is 17.8. The Balaban J connectivity index is 2.16. The summed E-state index contributed by atoms with van der Waals surface area (Å²) in [6, 6.07) is 2.02. The molecule has 0 radical (unpaired) electrons. The zero-order valence-corrected chi connectivity index (χ0v) is 19.6. The quantitative estimate of drug-likeness (QED) is 0.466. The number of nitrogens with zero attached hydrogens (tertiary/aromatic N) is 4. The van der Waals surface area contributed by atoms with Crippen LogP contribution in [0.15, 0.2) is 9.70 Å². The van der Waals surface area contributed by atoms with Crippen LogP contribution in [-0.2, 0) is 20.9 Å². The van der Waals surface area contributed by atoms with Gasteiger partial charge < -0.3 is 14.7 Å². The third-order valence-electron chi connectivity index (χ3n) is 5.30. The van der Waals surface area contributed by atoms with Crippen LogP contribution >= 0.6 is 24.0 Å². The van der Waals surface area contributed by atoms with Gasteiger partial charge in [0.15, 0.2) is 0 Å². The highest BCUT2D eigenvalue weighted by atomic mass is 32.2. The van der Waals surface area contributed by atoms with Crippen LogP contribution in [0.2, 0.25) is 0 Å². The molecule has 0 aliphatic carbocycles. The Kier molecular flexibility index (Phi) is 7.71. The van der Waals surface area contributed by atoms with E-state index in [0.29, 0.717) is 61.1 Å². The van der Waals surface area contributed by atoms with Gasteiger partial charge in [0, 0.05) is 31.7 Å². The molecule has 0 bridgehead atoms. The molecule has 3 rings (SSSR count). The number of thioether (sulfide) groups is 1. The molecule has 1 amide bonds. The van der Waals surface area contributed by atoms with Crippen molar-refractivity contribution in [2.75, 3.05) is 37.7 Å². The number of hydrogen-bond acceptors (Lipinski definition) is 8. The molecule has 0 spiro atoms. The fraction of sp³-hybridized carbons (Fsp3) is 0.476. The second-order valence-electron chi connectivity index (χ2n) is 7.38. The second kappa shape index (κ2) is 10.3. The SMILES string of the molecule is CCCn1c(N2CCOCC2)c(C=C2SC(=S)N(CCC(=O)O)C2=O)c(C)c(C#N)c1=O. The summed E-state index contributed by atoms with van der Waals surface area (Å²) in [7, 11) is 0. The van der Waals surface area contributed by atoms with Crippen molar-refractivity contribution < 1.29 is 19.4 Å². The lowest BCUT2D eigenvalue weighted by molar-refractivity contribution is -0.137. The highest BCUT2D eigenvalue weighted by Gasteiger charge is 2.33. The molecule has 170 valence electrons. The van der Waals surface area contributed by atoms with E-state index < -0.39 is 5.97 Å². The lowest BCUT2D eigenvalue weighted by Crippen LogP contribution is -2.41. The van der Waals surface area contributed by atoms with Gasteiger partial charge in [-0.2, -0.15) is 5.26 Å².